The molecule has 1 aromatic rings. The molecule has 0 aliphatic carbocycles. The van der Waals surface area contributed by atoms with E-state index in [1.165, 1.54) is 0 Å². The molecule has 0 unspecified atom stereocenters. The van der Waals surface area contributed by atoms with Crippen molar-refractivity contribution in [3.05, 3.63) is 23.8 Å². The molecule has 0 aliphatic heterocycles. The highest BCUT2D eigenvalue weighted by Gasteiger charge is 2.17. The second-order valence-electron chi connectivity index (χ2n) is 4.87. The van der Waals surface area contributed by atoms with Gasteiger partial charge in [0.25, 0.3) is 0 Å². The standard InChI is InChI=1S/C13H22N2O2/c1-13(2,16)9-15(3)12-7-11(17-4)6-5-10(12)8-14/h5-7,16H,8-9,14H2,1-4H3. The minimum Gasteiger partial charge on any atom is -0.497 e. The first-order valence-corrected chi connectivity index (χ1v) is 5.68. The molecule has 96 valence electrons. The van der Waals surface area contributed by atoms with Crippen LogP contribution in [0.1, 0.15) is 19.4 Å². The highest BCUT2D eigenvalue weighted by Crippen LogP contribution is 2.26. The molecule has 17 heavy (non-hydrogen) atoms. The summed E-state index contributed by atoms with van der Waals surface area (Å²) in [5.74, 6) is 0.791. The molecule has 1 aromatic carbocycles. The summed E-state index contributed by atoms with van der Waals surface area (Å²) in [5.41, 5.74) is 7.00. The molecule has 0 bridgehead atoms. The van der Waals surface area contributed by atoms with Gasteiger partial charge in [0.15, 0.2) is 0 Å². The smallest absolute Gasteiger partial charge is 0.120 e. The number of aliphatic hydroxyl groups is 1. The van der Waals surface area contributed by atoms with Gasteiger partial charge in [-0.05, 0) is 25.5 Å². The fraction of sp³-hybridized carbons (Fsp3) is 0.538. The number of rotatable bonds is 5. The number of methoxy groups -OCH3 is 1. The molecule has 3 N–H and O–H groups in total. The van der Waals surface area contributed by atoms with Crippen LogP contribution in [0.5, 0.6) is 5.75 Å². The van der Waals surface area contributed by atoms with Crippen molar-refractivity contribution in [1.82, 2.24) is 0 Å². The molecule has 0 saturated carbocycles. The Morgan fingerprint density at radius 2 is 2.06 bits per heavy atom. The summed E-state index contributed by atoms with van der Waals surface area (Å²) >= 11 is 0. The van der Waals surface area contributed by atoms with Crippen molar-refractivity contribution in [2.24, 2.45) is 5.73 Å². The maximum absolute atomic E-state index is 9.84. The summed E-state index contributed by atoms with van der Waals surface area (Å²) in [6, 6.07) is 5.78. The second-order valence-corrected chi connectivity index (χ2v) is 4.87. The summed E-state index contributed by atoms with van der Waals surface area (Å²) in [6.07, 6.45) is 0. The number of nitrogens with zero attached hydrogens (tertiary/aromatic N) is 1. The number of hydrogen-bond acceptors (Lipinski definition) is 4. The molecule has 0 heterocycles. The predicted octanol–water partition coefficient (Wildman–Crippen LogP) is 1.36. The topological polar surface area (TPSA) is 58.7 Å². The first-order chi connectivity index (χ1) is 7.87. The van der Waals surface area contributed by atoms with Gasteiger partial charge in [-0.25, -0.2) is 0 Å². The maximum atomic E-state index is 9.84. The Balaban J connectivity index is 3.01. The number of ether oxygens (including phenoxy) is 1. The van der Waals surface area contributed by atoms with Gasteiger partial charge in [-0.2, -0.15) is 0 Å². The predicted molar refractivity (Wildman–Crippen MR) is 70.5 cm³/mol. The van der Waals surface area contributed by atoms with E-state index in [0.717, 1.165) is 17.0 Å². The van der Waals surface area contributed by atoms with Crippen LogP contribution in [0.4, 0.5) is 5.69 Å². The van der Waals surface area contributed by atoms with Crippen LogP contribution in [0, 0.1) is 0 Å². The molecule has 0 radical (unpaired) electrons. The number of benzene rings is 1. The van der Waals surface area contributed by atoms with Crippen LogP contribution in [-0.4, -0.2) is 31.4 Å². The van der Waals surface area contributed by atoms with Crippen molar-refractivity contribution in [1.29, 1.82) is 0 Å². The van der Waals surface area contributed by atoms with E-state index in [9.17, 15) is 5.11 Å². The van der Waals surface area contributed by atoms with E-state index in [1.54, 1.807) is 21.0 Å². The molecular weight excluding hydrogens is 216 g/mol. The highest BCUT2D eigenvalue weighted by molar-refractivity contribution is 5.57. The molecule has 0 amide bonds. The molecular formula is C13H22N2O2. The van der Waals surface area contributed by atoms with Crippen LogP contribution in [0.15, 0.2) is 18.2 Å². The van der Waals surface area contributed by atoms with Crippen LogP contribution < -0.4 is 15.4 Å². The molecule has 4 heteroatoms. The lowest BCUT2D eigenvalue weighted by Gasteiger charge is -2.29. The Kier molecular flexibility index (Phi) is 4.37. The maximum Gasteiger partial charge on any atom is 0.120 e. The molecule has 0 aromatic heterocycles. The van der Waals surface area contributed by atoms with Crippen molar-refractivity contribution in [2.45, 2.75) is 26.0 Å². The van der Waals surface area contributed by atoms with Gasteiger partial charge in [0, 0.05) is 31.9 Å². The summed E-state index contributed by atoms with van der Waals surface area (Å²) in [4.78, 5) is 1.99. The second kappa shape index (κ2) is 5.38. The zero-order chi connectivity index (χ0) is 13.1. The summed E-state index contributed by atoms with van der Waals surface area (Å²) in [7, 11) is 3.57. The largest absolute Gasteiger partial charge is 0.497 e. The molecule has 0 spiro atoms. The normalized spacial score (nSPS) is 11.4. The summed E-state index contributed by atoms with van der Waals surface area (Å²) in [6.45, 7) is 4.57. The fourth-order valence-electron chi connectivity index (χ4n) is 1.86. The first kappa shape index (κ1) is 13.8. The quantitative estimate of drug-likeness (QED) is 0.813. The van der Waals surface area contributed by atoms with Gasteiger partial charge < -0.3 is 20.5 Å². The average Bonchev–Trinajstić information content (AvgIpc) is 2.25. The van der Waals surface area contributed by atoms with Crippen molar-refractivity contribution < 1.29 is 9.84 Å². The molecule has 1 rings (SSSR count). The SMILES string of the molecule is COc1ccc(CN)c(N(C)CC(C)(C)O)c1. The zero-order valence-electron chi connectivity index (χ0n) is 11.0. The first-order valence-electron chi connectivity index (χ1n) is 5.68. The van der Waals surface area contributed by atoms with Gasteiger partial charge >= 0.3 is 0 Å². The third-order valence-corrected chi connectivity index (χ3v) is 2.55. The lowest BCUT2D eigenvalue weighted by Crippen LogP contribution is -2.36. The van der Waals surface area contributed by atoms with Crippen molar-refractivity contribution >= 4 is 5.69 Å². The van der Waals surface area contributed by atoms with Gasteiger partial charge in [-0.15, -0.1) is 0 Å². The lowest BCUT2D eigenvalue weighted by molar-refractivity contribution is 0.0886. The molecule has 4 nitrogen and oxygen atoms in total. The van der Waals surface area contributed by atoms with E-state index in [-0.39, 0.29) is 0 Å². The van der Waals surface area contributed by atoms with E-state index in [1.807, 2.05) is 30.1 Å². The Bertz CT molecular complexity index is 372. The van der Waals surface area contributed by atoms with E-state index >= 15 is 0 Å². The monoisotopic (exact) mass is 238 g/mol. The summed E-state index contributed by atoms with van der Waals surface area (Å²) in [5, 5.41) is 9.84. The fourth-order valence-corrected chi connectivity index (χ4v) is 1.86. The van der Waals surface area contributed by atoms with Gasteiger partial charge in [0.1, 0.15) is 5.75 Å². The van der Waals surface area contributed by atoms with Crippen molar-refractivity contribution in [3.63, 3.8) is 0 Å². The zero-order valence-corrected chi connectivity index (χ0v) is 11.0. The van der Waals surface area contributed by atoms with E-state index in [2.05, 4.69) is 0 Å². The van der Waals surface area contributed by atoms with Gasteiger partial charge in [0.2, 0.25) is 0 Å². The summed E-state index contributed by atoms with van der Waals surface area (Å²) < 4.78 is 5.20. The third kappa shape index (κ3) is 3.91. The molecule has 0 fully saturated rings. The minimum atomic E-state index is -0.746. The van der Waals surface area contributed by atoms with Crippen LogP contribution >= 0.6 is 0 Å². The number of anilines is 1. The Morgan fingerprint density at radius 1 is 1.41 bits per heavy atom. The van der Waals surface area contributed by atoms with Crippen LogP contribution in [0.3, 0.4) is 0 Å². The number of likely N-dealkylation sites (N-methyl/N-ethyl adjacent to an activating group) is 1. The Labute approximate surface area is 103 Å². The van der Waals surface area contributed by atoms with Crippen LogP contribution in [-0.2, 0) is 6.54 Å². The molecule has 0 aliphatic rings. The molecule has 0 saturated heterocycles. The van der Waals surface area contributed by atoms with Gasteiger partial charge in [0.05, 0.1) is 12.7 Å². The Hall–Kier alpha value is -1.26. The number of hydrogen-bond donors (Lipinski definition) is 2. The average molecular weight is 238 g/mol. The van der Waals surface area contributed by atoms with Crippen LogP contribution in [0.2, 0.25) is 0 Å². The van der Waals surface area contributed by atoms with E-state index in [0.29, 0.717) is 13.1 Å². The third-order valence-electron chi connectivity index (χ3n) is 2.55. The van der Waals surface area contributed by atoms with Crippen molar-refractivity contribution in [2.75, 3.05) is 25.6 Å². The van der Waals surface area contributed by atoms with Crippen LogP contribution in [0.25, 0.3) is 0 Å². The van der Waals surface area contributed by atoms with Crippen molar-refractivity contribution in [3.8, 4) is 5.75 Å². The Morgan fingerprint density at radius 3 is 2.53 bits per heavy atom. The van der Waals surface area contributed by atoms with Gasteiger partial charge in [-0.3, -0.25) is 0 Å². The molecule has 0 atom stereocenters. The minimum absolute atomic E-state index is 0.468. The van der Waals surface area contributed by atoms with E-state index < -0.39 is 5.60 Å². The highest BCUT2D eigenvalue weighted by atomic mass is 16.5. The van der Waals surface area contributed by atoms with Gasteiger partial charge in [-0.1, -0.05) is 6.07 Å². The lowest BCUT2D eigenvalue weighted by atomic mass is 10.1. The van der Waals surface area contributed by atoms with E-state index in [4.69, 9.17) is 10.5 Å². The number of nitrogens with two attached hydrogens (primary N) is 1.